The maximum absolute atomic E-state index is 10.8. The van der Waals surface area contributed by atoms with Gasteiger partial charge in [0, 0.05) is 22.9 Å². The number of carboxylic acids is 1. The van der Waals surface area contributed by atoms with E-state index in [1.165, 1.54) is 0 Å². The van der Waals surface area contributed by atoms with Gasteiger partial charge in [-0.1, -0.05) is 13.8 Å². The molecule has 0 saturated heterocycles. The average molecular weight is 285 g/mol. The lowest BCUT2D eigenvalue weighted by atomic mass is 10.1. The van der Waals surface area contributed by atoms with Gasteiger partial charge < -0.3 is 10.4 Å². The highest BCUT2D eigenvalue weighted by molar-refractivity contribution is 5.88. The maximum Gasteiger partial charge on any atom is 0.335 e. The average Bonchev–Trinajstić information content (AvgIpc) is 2.44. The fourth-order valence-electron chi connectivity index (χ4n) is 1.86. The lowest BCUT2D eigenvalue weighted by molar-refractivity contribution is 0.0697. The number of rotatable bonds is 4. The van der Waals surface area contributed by atoms with E-state index < -0.39 is 5.97 Å². The second-order valence-electron chi connectivity index (χ2n) is 5.30. The lowest BCUT2D eigenvalue weighted by Gasteiger charge is -2.14. The van der Waals surface area contributed by atoms with Gasteiger partial charge >= 0.3 is 5.97 Å². The first-order chi connectivity index (χ1) is 9.88. The van der Waals surface area contributed by atoms with E-state index in [2.05, 4.69) is 29.1 Å². The number of anilines is 2. The number of aromatic carboxylic acids is 1. The molecule has 1 aromatic carbocycles. The van der Waals surface area contributed by atoms with Crippen LogP contribution >= 0.6 is 0 Å². The number of aromatic nitrogens is 2. The van der Waals surface area contributed by atoms with Gasteiger partial charge in [0.1, 0.15) is 11.6 Å². The van der Waals surface area contributed by atoms with Crippen molar-refractivity contribution in [3.63, 3.8) is 0 Å². The minimum absolute atomic E-state index is 0.249. The maximum atomic E-state index is 10.8. The minimum Gasteiger partial charge on any atom is -0.478 e. The van der Waals surface area contributed by atoms with Crippen molar-refractivity contribution in [1.82, 2.24) is 9.97 Å². The molecule has 21 heavy (non-hydrogen) atoms. The Hall–Kier alpha value is -2.43. The van der Waals surface area contributed by atoms with Crippen molar-refractivity contribution in [1.29, 1.82) is 0 Å². The van der Waals surface area contributed by atoms with Gasteiger partial charge in [0.05, 0.1) is 5.56 Å². The summed E-state index contributed by atoms with van der Waals surface area (Å²) >= 11 is 0. The Kier molecular flexibility index (Phi) is 4.21. The molecule has 110 valence electrons. The number of hydrogen-bond donors (Lipinski definition) is 2. The SMILES string of the molecule is Cc1nc(C(C)C)nc(Nc2ccc(C(=O)O)cc2)c1C. The molecule has 0 aliphatic heterocycles. The highest BCUT2D eigenvalue weighted by Gasteiger charge is 2.11. The highest BCUT2D eigenvalue weighted by Crippen LogP contribution is 2.22. The number of aryl methyl sites for hydroxylation is 1. The van der Waals surface area contributed by atoms with Gasteiger partial charge in [0.25, 0.3) is 0 Å². The van der Waals surface area contributed by atoms with E-state index in [1.807, 2.05) is 13.8 Å². The minimum atomic E-state index is -0.933. The van der Waals surface area contributed by atoms with E-state index in [9.17, 15) is 4.79 Å². The van der Waals surface area contributed by atoms with Crippen molar-refractivity contribution < 1.29 is 9.90 Å². The molecule has 5 nitrogen and oxygen atoms in total. The molecule has 0 atom stereocenters. The summed E-state index contributed by atoms with van der Waals surface area (Å²) in [4.78, 5) is 19.9. The third kappa shape index (κ3) is 3.37. The Morgan fingerprint density at radius 2 is 1.76 bits per heavy atom. The number of carbonyl (C=O) groups is 1. The van der Waals surface area contributed by atoms with Crippen molar-refractivity contribution in [3.05, 3.63) is 46.9 Å². The molecule has 0 radical (unpaired) electrons. The van der Waals surface area contributed by atoms with Crippen molar-refractivity contribution in [2.24, 2.45) is 0 Å². The molecule has 2 rings (SSSR count). The molecule has 1 heterocycles. The molecule has 0 unspecified atom stereocenters. The zero-order valence-corrected chi connectivity index (χ0v) is 12.6. The summed E-state index contributed by atoms with van der Waals surface area (Å²) in [5.41, 5.74) is 3.00. The molecule has 0 spiro atoms. The summed E-state index contributed by atoms with van der Waals surface area (Å²) in [5, 5.41) is 12.1. The fraction of sp³-hybridized carbons (Fsp3) is 0.312. The van der Waals surface area contributed by atoms with Crippen LogP contribution in [0, 0.1) is 13.8 Å². The molecule has 5 heteroatoms. The fourth-order valence-corrected chi connectivity index (χ4v) is 1.86. The molecule has 0 bridgehead atoms. The van der Waals surface area contributed by atoms with Gasteiger partial charge in [-0.2, -0.15) is 0 Å². The second-order valence-corrected chi connectivity index (χ2v) is 5.30. The van der Waals surface area contributed by atoms with E-state index in [4.69, 9.17) is 5.11 Å². The van der Waals surface area contributed by atoms with Crippen LogP contribution in [0.2, 0.25) is 0 Å². The first-order valence-corrected chi connectivity index (χ1v) is 6.84. The summed E-state index contributed by atoms with van der Waals surface area (Å²) < 4.78 is 0. The molecule has 0 aliphatic carbocycles. The Morgan fingerprint density at radius 1 is 1.14 bits per heavy atom. The molecule has 0 saturated carbocycles. The Balaban J connectivity index is 2.32. The van der Waals surface area contributed by atoms with Crippen LogP contribution in [0.25, 0.3) is 0 Å². The Bertz CT molecular complexity index is 664. The van der Waals surface area contributed by atoms with Gasteiger partial charge in [-0.05, 0) is 38.1 Å². The molecule has 2 aromatic rings. The van der Waals surface area contributed by atoms with Crippen molar-refractivity contribution in [2.45, 2.75) is 33.6 Å². The van der Waals surface area contributed by atoms with E-state index in [0.717, 1.165) is 28.6 Å². The number of benzene rings is 1. The summed E-state index contributed by atoms with van der Waals surface area (Å²) in [6, 6.07) is 6.60. The lowest BCUT2D eigenvalue weighted by Crippen LogP contribution is -2.06. The molecular formula is C16H19N3O2. The standard InChI is InChI=1S/C16H19N3O2/c1-9(2)14-17-11(4)10(3)15(19-14)18-13-7-5-12(6-8-13)16(20)21/h5-9H,1-4H3,(H,20,21)(H,17,18,19). The van der Waals surface area contributed by atoms with Crippen LogP contribution in [-0.4, -0.2) is 21.0 Å². The van der Waals surface area contributed by atoms with Crippen LogP contribution in [0.3, 0.4) is 0 Å². The van der Waals surface area contributed by atoms with Gasteiger partial charge in [0.2, 0.25) is 0 Å². The van der Waals surface area contributed by atoms with E-state index in [0.29, 0.717) is 0 Å². The summed E-state index contributed by atoms with van der Waals surface area (Å²) in [7, 11) is 0. The van der Waals surface area contributed by atoms with Crippen molar-refractivity contribution >= 4 is 17.5 Å². The number of nitrogens with one attached hydrogen (secondary N) is 1. The largest absolute Gasteiger partial charge is 0.478 e. The molecule has 0 aliphatic rings. The normalized spacial score (nSPS) is 10.7. The highest BCUT2D eigenvalue weighted by atomic mass is 16.4. The van der Waals surface area contributed by atoms with E-state index in [-0.39, 0.29) is 11.5 Å². The Labute approximate surface area is 124 Å². The van der Waals surface area contributed by atoms with Gasteiger partial charge in [-0.25, -0.2) is 14.8 Å². The van der Waals surface area contributed by atoms with Crippen LogP contribution in [0.1, 0.15) is 47.2 Å². The number of hydrogen-bond acceptors (Lipinski definition) is 4. The molecule has 0 amide bonds. The summed E-state index contributed by atoms with van der Waals surface area (Å²) in [6.07, 6.45) is 0. The monoisotopic (exact) mass is 285 g/mol. The first kappa shape index (κ1) is 15.0. The molecular weight excluding hydrogens is 266 g/mol. The first-order valence-electron chi connectivity index (χ1n) is 6.84. The molecule has 0 fully saturated rings. The van der Waals surface area contributed by atoms with Crippen molar-refractivity contribution in [2.75, 3.05) is 5.32 Å². The third-order valence-corrected chi connectivity index (χ3v) is 3.32. The number of nitrogens with zero attached hydrogens (tertiary/aromatic N) is 2. The van der Waals surface area contributed by atoms with Crippen molar-refractivity contribution in [3.8, 4) is 0 Å². The van der Waals surface area contributed by atoms with Crippen LogP contribution in [0.15, 0.2) is 24.3 Å². The van der Waals surface area contributed by atoms with Gasteiger partial charge in [0.15, 0.2) is 0 Å². The molecule has 2 N–H and O–H groups in total. The summed E-state index contributed by atoms with van der Waals surface area (Å²) in [6.45, 7) is 8.03. The summed E-state index contributed by atoms with van der Waals surface area (Å²) in [5.74, 6) is 0.869. The van der Waals surface area contributed by atoms with Crippen LogP contribution in [0.5, 0.6) is 0 Å². The second kappa shape index (κ2) is 5.91. The predicted molar refractivity (Wildman–Crippen MR) is 82.3 cm³/mol. The quantitative estimate of drug-likeness (QED) is 0.896. The van der Waals surface area contributed by atoms with Crippen LogP contribution < -0.4 is 5.32 Å². The number of carboxylic acid groups (broad SMARTS) is 1. The van der Waals surface area contributed by atoms with Gasteiger partial charge in [-0.3, -0.25) is 0 Å². The topological polar surface area (TPSA) is 75.1 Å². The van der Waals surface area contributed by atoms with E-state index in [1.54, 1.807) is 24.3 Å². The third-order valence-electron chi connectivity index (χ3n) is 3.32. The zero-order valence-electron chi connectivity index (χ0n) is 12.6. The van der Waals surface area contributed by atoms with E-state index >= 15 is 0 Å². The molecule has 1 aromatic heterocycles. The van der Waals surface area contributed by atoms with Crippen LogP contribution in [-0.2, 0) is 0 Å². The predicted octanol–water partition coefficient (Wildman–Crippen LogP) is 3.66. The zero-order chi connectivity index (χ0) is 15.6. The van der Waals surface area contributed by atoms with Gasteiger partial charge in [-0.15, -0.1) is 0 Å². The Morgan fingerprint density at radius 3 is 2.29 bits per heavy atom. The smallest absolute Gasteiger partial charge is 0.335 e. The van der Waals surface area contributed by atoms with Crippen LogP contribution in [0.4, 0.5) is 11.5 Å².